The van der Waals surface area contributed by atoms with Crippen LogP contribution in [0.4, 0.5) is 0 Å². The summed E-state index contributed by atoms with van der Waals surface area (Å²) >= 11 is 0. The third-order valence-electron chi connectivity index (χ3n) is 3.16. The molecule has 0 N–H and O–H groups in total. The molecule has 84 valence electrons. The Morgan fingerprint density at radius 3 is 2.38 bits per heavy atom. The maximum Gasteiger partial charge on any atom is 0.108 e. The molecule has 0 aliphatic rings. The number of rotatable bonds is 3. The van der Waals surface area contributed by atoms with Crippen molar-refractivity contribution in [3.8, 4) is 0 Å². The summed E-state index contributed by atoms with van der Waals surface area (Å²) in [6, 6.07) is 6.48. The fourth-order valence-corrected chi connectivity index (χ4v) is 2.12. The van der Waals surface area contributed by atoms with E-state index in [1.54, 1.807) is 0 Å². The van der Waals surface area contributed by atoms with Crippen LogP contribution in [0.2, 0.25) is 0 Å². The van der Waals surface area contributed by atoms with E-state index in [4.69, 9.17) is 0 Å². The molecule has 0 aliphatic carbocycles. The standard InChI is InChI=1S/C14H18N2/c1-11-5-4-6-12(2)13(11)7-8-14-15-9-10-16(14)3/h4-6,9-10H,7-8H2,1-3H3. The van der Waals surface area contributed by atoms with Gasteiger partial charge in [-0.1, -0.05) is 18.2 Å². The second-order valence-electron chi connectivity index (χ2n) is 4.32. The third kappa shape index (κ3) is 2.16. The van der Waals surface area contributed by atoms with Gasteiger partial charge in [-0.05, 0) is 37.0 Å². The zero-order valence-corrected chi connectivity index (χ0v) is 10.2. The number of aryl methyl sites for hydroxylation is 4. The van der Waals surface area contributed by atoms with Crippen molar-refractivity contribution in [2.75, 3.05) is 0 Å². The van der Waals surface area contributed by atoms with Gasteiger partial charge in [0.25, 0.3) is 0 Å². The molecule has 0 unspecified atom stereocenters. The lowest BCUT2D eigenvalue weighted by atomic mass is 9.98. The van der Waals surface area contributed by atoms with Crippen LogP contribution in [0.15, 0.2) is 30.6 Å². The lowest BCUT2D eigenvalue weighted by molar-refractivity contribution is 0.767. The minimum absolute atomic E-state index is 1.01. The van der Waals surface area contributed by atoms with E-state index >= 15 is 0 Å². The fraction of sp³-hybridized carbons (Fsp3) is 0.357. The summed E-state index contributed by atoms with van der Waals surface area (Å²) in [5.74, 6) is 1.16. The van der Waals surface area contributed by atoms with Crippen LogP contribution >= 0.6 is 0 Å². The van der Waals surface area contributed by atoms with Gasteiger partial charge >= 0.3 is 0 Å². The molecule has 0 amide bonds. The molecule has 2 rings (SSSR count). The molecule has 1 aromatic carbocycles. The van der Waals surface area contributed by atoms with Crippen molar-refractivity contribution < 1.29 is 0 Å². The largest absolute Gasteiger partial charge is 0.338 e. The third-order valence-corrected chi connectivity index (χ3v) is 3.16. The van der Waals surface area contributed by atoms with Crippen molar-refractivity contribution in [1.29, 1.82) is 0 Å². The highest BCUT2D eigenvalue weighted by atomic mass is 15.0. The topological polar surface area (TPSA) is 17.8 Å². The summed E-state index contributed by atoms with van der Waals surface area (Å²) in [5.41, 5.74) is 4.23. The first-order valence-electron chi connectivity index (χ1n) is 5.70. The van der Waals surface area contributed by atoms with Gasteiger partial charge in [0.1, 0.15) is 5.82 Å². The predicted octanol–water partition coefficient (Wildman–Crippen LogP) is 2.82. The lowest BCUT2D eigenvalue weighted by Crippen LogP contribution is -2.02. The van der Waals surface area contributed by atoms with Gasteiger partial charge in [0, 0.05) is 25.9 Å². The summed E-state index contributed by atoms with van der Waals surface area (Å²) in [6.45, 7) is 4.36. The Hall–Kier alpha value is -1.57. The highest BCUT2D eigenvalue weighted by Gasteiger charge is 2.04. The highest BCUT2D eigenvalue weighted by Crippen LogP contribution is 2.15. The Morgan fingerprint density at radius 2 is 1.81 bits per heavy atom. The minimum atomic E-state index is 1.01. The average molecular weight is 214 g/mol. The van der Waals surface area contributed by atoms with Crippen LogP contribution in [0.1, 0.15) is 22.5 Å². The Morgan fingerprint density at radius 1 is 1.12 bits per heavy atom. The van der Waals surface area contributed by atoms with E-state index in [0.717, 1.165) is 18.7 Å². The molecule has 2 heteroatoms. The monoisotopic (exact) mass is 214 g/mol. The Kier molecular flexibility index (Phi) is 3.09. The van der Waals surface area contributed by atoms with Gasteiger partial charge in [-0.3, -0.25) is 0 Å². The quantitative estimate of drug-likeness (QED) is 0.768. The minimum Gasteiger partial charge on any atom is -0.338 e. The number of imidazole rings is 1. The predicted molar refractivity (Wildman–Crippen MR) is 66.5 cm³/mol. The van der Waals surface area contributed by atoms with Gasteiger partial charge in [-0.2, -0.15) is 0 Å². The first-order valence-corrected chi connectivity index (χ1v) is 5.70. The summed E-state index contributed by atoms with van der Waals surface area (Å²) in [7, 11) is 2.05. The Labute approximate surface area is 97.0 Å². The SMILES string of the molecule is Cc1cccc(C)c1CCc1nccn1C. The van der Waals surface area contributed by atoms with E-state index in [2.05, 4.69) is 41.6 Å². The molecule has 0 fully saturated rings. The first-order chi connectivity index (χ1) is 7.68. The van der Waals surface area contributed by atoms with Gasteiger partial charge in [0.2, 0.25) is 0 Å². The molecule has 2 aromatic rings. The van der Waals surface area contributed by atoms with Gasteiger partial charge in [-0.25, -0.2) is 4.98 Å². The zero-order valence-electron chi connectivity index (χ0n) is 10.2. The summed E-state index contributed by atoms with van der Waals surface area (Å²) in [4.78, 5) is 4.35. The van der Waals surface area contributed by atoms with Crippen molar-refractivity contribution >= 4 is 0 Å². The summed E-state index contributed by atoms with van der Waals surface area (Å²) in [6.07, 6.45) is 5.94. The maximum absolute atomic E-state index is 4.35. The van der Waals surface area contributed by atoms with Gasteiger partial charge < -0.3 is 4.57 Å². The van der Waals surface area contributed by atoms with Crippen LogP contribution in [-0.4, -0.2) is 9.55 Å². The van der Waals surface area contributed by atoms with E-state index < -0.39 is 0 Å². The summed E-state index contributed by atoms with van der Waals surface area (Å²) in [5, 5.41) is 0. The van der Waals surface area contributed by atoms with Gasteiger partial charge in [0.05, 0.1) is 0 Å². The van der Waals surface area contributed by atoms with E-state index in [9.17, 15) is 0 Å². The second kappa shape index (κ2) is 4.52. The molecule has 0 spiro atoms. The van der Waals surface area contributed by atoms with Gasteiger partial charge in [0.15, 0.2) is 0 Å². The molecule has 0 atom stereocenters. The number of aromatic nitrogens is 2. The van der Waals surface area contributed by atoms with Crippen molar-refractivity contribution in [3.63, 3.8) is 0 Å². The Bertz CT molecular complexity index is 463. The van der Waals surface area contributed by atoms with Crippen molar-refractivity contribution in [3.05, 3.63) is 53.1 Å². The molecule has 2 nitrogen and oxygen atoms in total. The van der Waals surface area contributed by atoms with Crippen LogP contribution in [-0.2, 0) is 19.9 Å². The van der Waals surface area contributed by atoms with Crippen LogP contribution in [0.25, 0.3) is 0 Å². The number of benzene rings is 1. The van der Waals surface area contributed by atoms with E-state index in [-0.39, 0.29) is 0 Å². The van der Waals surface area contributed by atoms with Crippen LogP contribution in [0, 0.1) is 13.8 Å². The zero-order chi connectivity index (χ0) is 11.5. The van der Waals surface area contributed by atoms with E-state index in [0.29, 0.717) is 0 Å². The van der Waals surface area contributed by atoms with E-state index in [1.807, 2.05) is 19.4 Å². The number of hydrogen-bond acceptors (Lipinski definition) is 1. The molecule has 16 heavy (non-hydrogen) atoms. The van der Waals surface area contributed by atoms with E-state index in [1.165, 1.54) is 16.7 Å². The van der Waals surface area contributed by atoms with Crippen molar-refractivity contribution in [2.24, 2.45) is 7.05 Å². The number of nitrogens with zero attached hydrogens (tertiary/aromatic N) is 2. The first kappa shape index (κ1) is 10.9. The average Bonchev–Trinajstić information content (AvgIpc) is 2.64. The molecule has 1 aromatic heterocycles. The van der Waals surface area contributed by atoms with Crippen molar-refractivity contribution in [1.82, 2.24) is 9.55 Å². The maximum atomic E-state index is 4.35. The van der Waals surface area contributed by atoms with Crippen LogP contribution in [0.3, 0.4) is 0 Å². The molecular weight excluding hydrogens is 196 g/mol. The number of hydrogen-bond donors (Lipinski definition) is 0. The molecule has 0 radical (unpaired) electrons. The normalized spacial score (nSPS) is 10.7. The smallest absolute Gasteiger partial charge is 0.108 e. The molecule has 0 saturated carbocycles. The highest BCUT2D eigenvalue weighted by molar-refractivity contribution is 5.33. The molecular formula is C14H18N2. The van der Waals surface area contributed by atoms with Crippen molar-refractivity contribution in [2.45, 2.75) is 26.7 Å². The van der Waals surface area contributed by atoms with Crippen LogP contribution in [0.5, 0.6) is 0 Å². The summed E-state index contributed by atoms with van der Waals surface area (Å²) < 4.78 is 2.09. The molecule has 1 heterocycles. The van der Waals surface area contributed by atoms with Crippen LogP contribution < -0.4 is 0 Å². The molecule has 0 aliphatic heterocycles. The van der Waals surface area contributed by atoms with Gasteiger partial charge in [-0.15, -0.1) is 0 Å². The molecule has 0 saturated heterocycles. The second-order valence-corrected chi connectivity index (χ2v) is 4.32. The Balaban J connectivity index is 2.14. The lowest BCUT2D eigenvalue weighted by Gasteiger charge is -2.09. The fourth-order valence-electron chi connectivity index (χ4n) is 2.12. The molecule has 0 bridgehead atoms.